The second kappa shape index (κ2) is 4.60. The summed E-state index contributed by atoms with van der Waals surface area (Å²) in [6.07, 6.45) is 1.26. The molecule has 0 spiro atoms. The first-order chi connectivity index (χ1) is 7.16. The number of rotatable bonds is 1. The van der Waals surface area contributed by atoms with E-state index in [0.717, 1.165) is 12.2 Å². The normalized spacial score (nSPS) is 25.4. The molecule has 1 aliphatic heterocycles. The maximum atomic E-state index is 4.61. The van der Waals surface area contributed by atoms with Gasteiger partial charge in [-0.05, 0) is 40.5 Å². The average molecular weight is 225 g/mol. The quantitative estimate of drug-likeness (QED) is 0.726. The number of likely N-dealkylation sites (N-methyl/N-ethyl adjacent to an activating group) is 2. The number of nitrogens with zero attached hydrogens (tertiary/aromatic N) is 3. The van der Waals surface area contributed by atoms with E-state index < -0.39 is 0 Å². The van der Waals surface area contributed by atoms with Crippen molar-refractivity contribution in [2.45, 2.75) is 19.4 Å². The lowest BCUT2D eigenvalue weighted by atomic mass is 10.2. The third-order valence-electron chi connectivity index (χ3n) is 2.99. The fourth-order valence-electron chi connectivity index (χ4n) is 2.06. The minimum absolute atomic E-state index is 0.483. The Morgan fingerprint density at radius 1 is 1.40 bits per heavy atom. The molecule has 0 aliphatic carbocycles. The number of aromatic nitrogens is 1. The van der Waals surface area contributed by atoms with Crippen molar-refractivity contribution in [1.82, 2.24) is 14.8 Å². The Hall–Kier alpha value is -0.450. The molecule has 1 aromatic heterocycles. The largest absolute Gasteiger partial charge is 0.304 e. The lowest BCUT2D eigenvalue weighted by Crippen LogP contribution is -2.30. The molecule has 2 heterocycles. The Balaban J connectivity index is 2.17. The van der Waals surface area contributed by atoms with Crippen molar-refractivity contribution in [3.8, 4) is 0 Å². The maximum absolute atomic E-state index is 4.61. The molecule has 4 heteroatoms. The molecule has 84 valence electrons. The summed E-state index contributed by atoms with van der Waals surface area (Å²) in [5, 5.41) is 3.41. The van der Waals surface area contributed by atoms with E-state index in [1.54, 1.807) is 11.3 Å². The van der Waals surface area contributed by atoms with Gasteiger partial charge in [0.15, 0.2) is 0 Å². The summed E-state index contributed by atoms with van der Waals surface area (Å²) in [4.78, 5) is 9.45. The van der Waals surface area contributed by atoms with E-state index in [0.29, 0.717) is 6.04 Å². The molecule has 1 aliphatic rings. The second-order valence-corrected chi connectivity index (χ2v) is 5.33. The van der Waals surface area contributed by atoms with Crippen LogP contribution in [0.25, 0.3) is 0 Å². The van der Waals surface area contributed by atoms with Crippen molar-refractivity contribution in [3.63, 3.8) is 0 Å². The molecule has 1 saturated heterocycles. The molecular formula is C11H19N3S. The van der Waals surface area contributed by atoms with E-state index in [1.807, 2.05) is 0 Å². The lowest BCUT2D eigenvalue weighted by molar-refractivity contribution is 0.228. The highest BCUT2D eigenvalue weighted by Crippen LogP contribution is 2.25. The summed E-state index contributed by atoms with van der Waals surface area (Å²) in [5.74, 6) is 0. The van der Waals surface area contributed by atoms with E-state index in [2.05, 4.69) is 41.2 Å². The summed E-state index contributed by atoms with van der Waals surface area (Å²) >= 11 is 1.79. The van der Waals surface area contributed by atoms with Gasteiger partial charge in [-0.3, -0.25) is 4.90 Å². The van der Waals surface area contributed by atoms with Crippen LogP contribution < -0.4 is 0 Å². The predicted octanol–water partition coefficient (Wildman–Crippen LogP) is 1.76. The zero-order valence-corrected chi connectivity index (χ0v) is 10.5. The fraction of sp³-hybridized carbons (Fsp3) is 0.727. The Morgan fingerprint density at radius 2 is 2.20 bits per heavy atom. The van der Waals surface area contributed by atoms with Crippen molar-refractivity contribution in [3.05, 3.63) is 16.1 Å². The number of hydrogen-bond acceptors (Lipinski definition) is 4. The van der Waals surface area contributed by atoms with Crippen LogP contribution in [0, 0.1) is 6.92 Å². The highest BCUT2D eigenvalue weighted by molar-refractivity contribution is 7.09. The molecule has 0 aromatic carbocycles. The van der Waals surface area contributed by atoms with Gasteiger partial charge in [0, 0.05) is 17.6 Å². The zero-order chi connectivity index (χ0) is 10.8. The van der Waals surface area contributed by atoms with Crippen LogP contribution in [0.2, 0.25) is 0 Å². The van der Waals surface area contributed by atoms with Crippen LogP contribution in [-0.2, 0) is 0 Å². The third-order valence-corrected chi connectivity index (χ3v) is 4.05. The van der Waals surface area contributed by atoms with Crippen LogP contribution in [0.5, 0.6) is 0 Å². The molecule has 3 nitrogen and oxygen atoms in total. The molecule has 1 unspecified atom stereocenters. The highest BCUT2D eigenvalue weighted by atomic mass is 32.1. The van der Waals surface area contributed by atoms with Gasteiger partial charge >= 0.3 is 0 Å². The molecule has 0 radical (unpaired) electrons. The smallest absolute Gasteiger partial charge is 0.111 e. The minimum atomic E-state index is 0.483. The number of hydrogen-bond donors (Lipinski definition) is 0. The molecule has 1 fully saturated rings. The monoisotopic (exact) mass is 225 g/mol. The van der Waals surface area contributed by atoms with E-state index in [4.69, 9.17) is 0 Å². The van der Waals surface area contributed by atoms with E-state index >= 15 is 0 Å². The lowest BCUT2D eigenvalue weighted by Gasteiger charge is -2.25. The number of aryl methyl sites for hydroxylation is 1. The van der Waals surface area contributed by atoms with Gasteiger partial charge in [0.2, 0.25) is 0 Å². The summed E-state index contributed by atoms with van der Waals surface area (Å²) in [5.41, 5.74) is 1.15. The fourth-order valence-corrected chi connectivity index (χ4v) is 3.02. The van der Waals surface area contributed by atoms with Crippen LogP contribution >= 0.6 is 11.3 Å². The molecule has 1 atom stereocenters. The van der Waals surface area contributed by atoms with Gasteiger partial charge in [0.25, 0.3) is 0 Å². The van der Waals surface area contributed by atoms with E-state index in [9.17, 15) is 0 Å². The van der Waals surface area contributed by atoms with Crippen LogP contribution in [0.15, 0.2) is 5.38 Å². The van der Waals surface area contributed by atoms with E-state index in [1.165, 1.54) is 24.5 Å². The molecular weight excluding hydrogens is 206 g/mol. The maximum Gasteiger partial charge on any atom is 0.111 e. The summed E-state index contributed by atoms with van der Waals surface area (Å²) < 4.78 is 0. The Kier molecular flexibility index (Phi) is 3.38. The number of thiazole rings is 1. The van der Waals surface area contributed by atoms with Gasteiger partial charge in [-0.15, -0.1) is 11.3 Å². The van der Waals surface area contributed by atoms with Gasteiger partial charge in [0.1, 0.15) is 5.01 Å². The molecule has 0 saturated carbocycles. The van der Waals surface area contributed by atoms with Crippen molar-refractivity contribution in [2.24, 2.45) is 0 Å². The predicted molar refractivity (Wildman–Crippen MR) is 64.3 cm³/mol. The van der Waals surface area contributed by atoms with Crippen LogP contribution in [0.1, 0.15) is 23.2 Å². The van der Waals surface area contributed by atoms with Crippen molar-refractivity contribution in [2.75, 3.05) is 33.7 Å². The minimum Gasteiger partial charge on any atom is -0.304 e. The van der Waals surface area contributed by atoms with Gasteiger partial charge in [0.05, 0.1) is 6.04 Å². The first-order valence-corrected chi connectivity index (χ1v) is 6.35. The van der Waals surface area contributed by atoms with Gasteiger partial charge in [-0.25, -0.2) is 4.98 Å². The molecule has 0 N–H and O–H groups in total. The topological polar surface area (TPSA) is 19.4 Å². The van der Waals surface area contributed by atoms with E-state index in [-0.39, 0.29) is 0 Å². The summed E-state index contributed by atoms with van der Waals surface area (Å²) in [6.45, 7) is 5.54. The standard InChI is InChI=1S/C11H19N3S/c1-9-8-15-11(12-9)10-7-13(2)5-4-6-14(10)3/h8,10H,4-7H2,1-3H3. The second-order valence-electron chi connectivity index (χ2n) is 4.44. The first-order valence-electron chi connectivity index (χ1n) is 5.47. The highest BCUT2D eigenvalue weighted by Gasteiger charge is 2.24. The molecule has 0 bridgehead atoms. The van der Waals surface area contributed by atoms with Gasteiger partial charge in [-0.1, -0.05) is 0 Å². The van der Waals surface area contributed by atoms with Crippen molar-refractivity contribution < 1.29 is 0 Å². The Labute approximate surface area is 95.7 Å². The third kappa shape index (κ3) is 2.56. The zero-order valence-electron chi connectivity index (χ0n) is 9.73. The van der Waals surface area contributed by atoms with Gasteiger partial charge < -0.3 is 4.90 Å². The van der Waals surface area contributed by atoms with Gasteiger partial charge in [-0.2, -0.15) is 0 Å². The molecule has 1 aromatic rings. The Morgan fingerprint density at radius 3 is 2.87 bits per heavy atom. The average Bonchev–Trinajstić information content (AvgIpc) is 2.53. The summed E-state index contributed by atoms with van der Waals surface area (Å²) in [6, 6.07) is 0.483. The molecule has 0 amide bonds. The first kappa shape index (κ1) is 11.0. The van der Waals surface area contributed by atoms with Crippen LogP contribution in [0.3, 0.4) is 0 Å². The Bertz CT molecular complexity index is 323. The SMILES string of the molecule is Cc1csc(C2CN(C)CCCN2C)n1. The van der Waals surface area contributed by atoms with Crippen LogP contribution in [0.4, 0.5) is 0 Å². The summed E-state index contributed by atoms with van der Waals surface area (Å²) in [7, 11) is 4.41. The molecule has 2 rings (SSSR count). The molecule has 15 heavy (non-hydrogen) atoms. The van der Waals surface area contributed by atoms with Crippen molar-refractivity contribution in [1.29, 1.82) is 0 Å². The van der Waals surface area contributed by atoms with Crippen LogP contribution in [-0.4, -0.2) is 48.5 Å². The van der Waals surface area contributed by atoms with Crippen molar-refractivity contribution >= 4 is 11.3 Å².